The molecule has 0 saturated heterocycles. The van der Waals surface area contributed by atoms with E-state index in [0.717, 1.165) is 22.4 Å². The predicted molar refractivity (Wildman–Crippen MR) is 161 cm³/mol. The van der Waals surface area contributed by atoms with Gasteiger partial charge in [-0.25, -0.2) is 9.78 Å². The van der Waals surface area contributed by atoms with Gasteiger partial charge in [-0.15, -0.1) is 0 Å². The second-order valence-electron chi connectivity index (χ2n) is 10.5. The largest absolute Gasteiger partial charge is 0.322 e. The highest BCUT2D eigenvalue weighted by Crippen LogP contribution is 2.33. The maximum Gasteiger partial charge on any atom is 0.322 e. The van der Waals surface area contributed by atoms with Crippen molar-refractivity contribution in [1.29, 1.82) is 0 Å². The van der Waals surface area contributed by atoms with Gasteiger partial charge in [-0.1, -0.05) is 87.8 Å². The maximum atomic E-state index is 14.2. The van der Waals surface area contributed by atoms with E-state index in [0.29, 0.717) is 34.8 Å². The Hall–Kier alpha value is -3.64. The van der Waals surface area contributed by atoms with Crippen LogP contribution in [0, 0.1) is 0 Å². The number of aromatic nitrogens is 2. The molecule has 1 heterocycles. The van der Waals surface area contributed by atoms with Gasteiger partial charge in [0.1, 0.15) is 5.82 Å². The Labute approximate surface area is 235 Å². The average Bonchev–Trinajstić information content (AvgIpc) is 2.92. The van der Waals surface area contributed by atoms with Crippen LogP contribution in [0.25, 0.3) is 10.9 Å². The SMILES string of the molecule is CCn1c(C(C)N(Cc2ccccc2)C(=O)Nc2c(C(C)C)cccc2C(C)C)nc2ccc(Cl)cc2c1=O. The number of rotatable bonds is 8. The van der Waals surface area contributed by atoms with Gasteiger partial charge in [0.2, 0.25) is 0 Å². The first kappa shape index (κ1) is 28.4. The Morgan fingerprint density at radius 2 is 1.59 bits per heavy atom. The lowest BCUT2D eigenvalue weighted by Crippen LogP contribution is -2.40. The van der Waals surface area contributed by atoms with Crippen LogP contribution in [-0.2, 0) is 13.1 Å². The van der Waals surface area contributed by atoms with Crippen LogP contribution in [0.5, 0.6) is 0 Å². The number of halogens is 1. The average molecular weight is 545 g/mol. The minimum Gasteiger partial charge on any atom is -0.310 e. The highest BCUT2D eigenvalue weighted by molar-refractivity contribution is 6.31. The summed E-state index contributed by atoms with van der Waals surface area (Å²) in [5.74, 6) is 1.00. The number of carbonyl (C=O) groups excluding carboxylic acids is 1. The lowest BCUT2D eigenvalue weighted by molar-refractivity contribution is 0.184. The normalized spacial score (nSPS) is 12.2. The number of nitrogens with zero attached hydrogens (tertiary/aromatic N) is 3. The third-order valence-electron chi connectivity index (χ3n) is 7.16. The Bertz CT molecular complexity index is 1500. The molecule has 1 unspecified atom stereocenters. The number of nitrogens with one attached hydrogen (secondary N) is 1. The number of hydrogen-bond donors (Lipinski definition) is 1. The molecule has 7 heteroatoms. The van der Waals surface area contributed by atoms with E-state index in [4.69, 9.17) is 16.6 Å². The van der Waals surface area contributed by atoms with Gasteiger partial charge >= 0.3 is 6.03 Å². The zero-order valence-corrected chi connectivity index (χ0v) is 24.3. The number of carbonyl (C=O) groups is 1. The van der Waals surface area contributed by atoms with Crippen molar-refractivity contribution in [2.45, 2.75) is 72.5 Å². The van der Waals surface area contributed by atoms with E-state index in [1.165, 1.54) is 0 Å². The van der Waals surface area contributed by atoms with Crippen LogP contribution in [0.3, 0.4) is 0 Å². The summed E-state index contributed by atoms with van der Waals surface area (Å²) in [5, 5.41) is 4.21. The molecule has 4 aromatic rings. The van der Waals surface area contributed by atoms with E-state index >= 15 is 0 Å². The molecule has 0 saturated carbocycles. The molecule has 1 aromatic heterocycles. The third-order valence-corrected chi connectivity index (χ3v) is 7.40. The second-order valence-corrected chi connectivity index (χ2v) is 11.0. The second kappa shape index (κ2) is 12.0. The van der Waals surface area contributed by atoms with Crippen LogP contribution in [0.15, 0.2) is 71.5 Å². The van der Waals surface area contributed by atoms with Gasteiger partial charge in [-0.3, -0.25) is 9.36 Å². The minimum absolute atomic E-state index is 0.167. The Morgan fingerprint density at radius 1 is 0.949 bits per heavy atom. The first-order valence-corrected chi connectivity index (χ1v) is 13.9. The number of fused-ring (bicyclic) bond motifs is 1. The molecule has 0 bridgehead atoms. The molecule has 0 aliphatic carbocycles. The highest BCUT2D eigenvalue weighted by Gasteiger charge is 2.28. The first-order chi connectivity index (χ1) is 18.6. The van der Waals surface area contributed by atoms with E-state index < -0.39 is 6.04 Å². The number of hydrogen-bond acceptors (Lipinski definition) is 3. The number of urea groups is 1. The molecule has 0 aliphatic heterocycles. The smallest absolute Gasteiger partial charge is 0.310 e. The summed E-state index contributed by atoms with van der Waals surface area (Å²) < 4.78 is 1.64. The molecule has 1 N–H and O–H groups in total. The molecule has 39 heavy (non-hydrogen) atoms. The molecule has 3 aromatic carbocycles. The van der Waals surface area contributed by atoms with Crippen molar-refractivity contribution in [2.24, 2.45) is 0 Å². The molecule has 1 atom stereocenters. The fourth-order valence-corrected chi connectivity index (χ4v) is 5.19. The van der Waals surface area contributed by atoms with Gasteiger partial charge in [-0.2, -0.15) is 0 Å². The van der Waals surface area contributed by atoms with Gasteiger partial charge in [0, 0.05) is 23.8 Å². The van der Waals surface area contributed by atoms with Crippen LogP contribution in [0.2, 0.25) is 5.02 Å². The lowest BCUT2D eigenvalue weighted by Gasteiger charge is -2.32. The molecule has 0 radical (unpaired) electrons. The van der Waals surface area contributed by atoms with Crippen molar-refractivity contribution in [1.82, 2.24) is 14.5 Å². The molecule has 2 amide bonds. The molecule has 0 aliphatic rings. The standard InChI is InChI=1S/C32H37ClN4O2/c1-7-36-30(34-28-17-16-24(33)18-27(28)31(36)38)22(6)37(19-23-12-9-8-10-13-23)32(39)35-29-25(20(2)3)14-11-15-26(29)21(4)5/h8-18,20-22H,7,19H2,1-6H3,(H,35,39). The number of amides is 2. The molecule has 0 spiro atoms. The monoisotopic (exact) mass is 544 g/mol. The summed E-state index contributed by atoms with van der Waals surface area (Å²) in [7, 11) is 0. The van der Waals surface area contributed by atoms with Gasteiger partial charge in [0.05, 0.1) is 16.9 Å². The third kappa shape index (κ3) is 6.01. The fraction of sp³-hybridized carbons (Fsp3) is 0.344. The van der Waals surface area contributed by atoms with Crippen LogP contribution < -0.4 is 10.9 Å². The van der Waals surface area contributed by atoms with Gasteiger partial charge in [0.25, 0.3) is 5.56 Å². The quantitative estimate of drug-likeness (QED) is 0.243. The summed E-state index contributed by atoms with van der Waals surface area (Å²) in [6.07, 6.45) is 0. The first-order valence-electron chi connectivity index (χ1n) is 13.6. The van der Waals surface area contributed by atoms with Crippen LogP contribution in [-0.4, -0.2) is 20.5 Å². The molecular formula is C32H37ClN4O2. The molecule has 204 valence electrons. The van der Waals surface area contributed by atoms with E-state index in [2.05, 4.69) is 51.2 Å². The van der Waals surface area contributed by atoms with E-state index in [9.17, 15) is 9.59 Å². The molecule has 4 rings (SSSR count). The maximum absolute atomic E-state index is 14.2. The molecule has 0 fully saturated rings. The van der Waals surface area contributed by atoms with E-state index in [-0.39, 0.29) is 23.4 Å². The van der Waals surface area contributed by atoms with Crippen LogP contribution in [0.1, 0.15) is 81.9 Å². The van der Waals surface area contributed by atoms with Crippen molar-refractivity contribution in [3.63, 3.8) is 0 Å². The number of benzene rings is 3. The summed E-state index contributed by atoms with van der Waals surface area (Å²) >= 11 is 6.18. The van der Waals surface area contributed by atoms with Gasteiger partial charge in [0.15, 0.2) is 0 Å². The van der Waals surface area contributed by atoms with Crippen molar-refractivity contribution >= 4 is 34.2 Å². The van der Waals surface area contributed by atoms with E-state index in [1.807, 2.05) is 44.2 Å². The molecule has 6 nitrogen and oxygen atoms in total. The summed E-state index contributed by atoms with van der Waals surface area (Å²) in [5.41, 5.74) is 4.41. The fourth-order valence-electron chi connectivity index (χ4n) is 5.01. The Morgan fingerprint density at radius 3 is 2.18 bits per heavy atom. The zero-order chi connectivity index (χ0) is 28.3. The Kier molecular flexibility index (Phi) is 8.76. The van der Waals surface area contributed by atoms with Crippen molar-refractivity contribution < 1.29 is 4.79 Å². The van der Waals surface area contributed by atoms with Crippen LogP contribution >= 0.6 is 11.6 Å². The number of anilines is 1. The van der Waals surface area contributed by atoms with Gasteiger partial charge < -0.3 is 10.2 Å². The summed E-state index contributed by atoms with van der Waals surface area (Å²) in [4.78, 5) is 34.2. The van der Waals surface area contributed by atoms with Crippen LogP contribution in [0.4, 0.5) is 10.5 Å². The van der Waals surface area contributed by atoms with E-state index in [1.54, 1.807) is 27.7 Å². The lowest BCUT2D eigenvalue weighted by atomic mass is 9.92. The van der Waals surface area contributed by atoms with Crippen molar-refractivity contribution in [3.8, 4) is 0 Å². The predicted octanol–water partition coefficient (Wildman–Crippen LogP) is 8.11. The number of para-hydroxylation sites is 1. The summed E-state index contributed by atoms with van der Waals surface area (Å²) in [6, 6.07) is 20.5. The van der Waals surface area contributed by atoms with Crippen molar-refractivity contribution in [3.05, 3.63) is 105 Å². The zero-order valence-electron chi connectivity index (χ0n) is 23.5. The topological polar surface area (TPSA) is 67.2 Å². The van der Waals surface area contributed by atoms with Crippen molar-refractivity contribution in [2.75, 3.05) is 5.32 Å². The highest BCUT2D eigenvalue weighted by atomic mass is 35.5. The minimum atomic E-state index is -0.494. The Balaban J connectivity index is 1.83. The summed E-state index contributed by atoms with van der Waals surface area (Å²) in [6.45, 7) is 13.1. The van der Waals surface area contributed by atoms with Gasteiger partial charge in [-0.05, 0) is 60.6 Å². The molecular weight excluding hydrogens is 508 g/mol.